The Labute approximate surface area is 662 Å². The summed E-state index contributed by atoms with van der Waals surface area (Å²) < 4.78 is 52.5. The van der Waals surface area contributed by atoms with Gasteiger partial charge in [-0.05, 0) is 84.0 Å². The van der Waals surface area contributed by atoms with Crippen molar-refractivity contribution in [3.8, 4) is 0 Å². The van der Waals surface area contributed by atoms with Crippen molar-refractivity contribution in [1.82, 2.24) is 53.2 Å². The monoisotopic (exact) mass is 1620 g/mol. The van der Waals surface area contributed by atoms with Crippen LogP contribution in [0.3, 0.4) is 0 Å². The van der Waals surface area contributed by atoms with Gasteiger partial charge in [-0.25, -0.2) is 0 Å². The van der Waals surface area contributed by atoms with Gasteiger partial charge in [-0.2, -0.15) is 0 Å². The average Bonchev–Trinajstić information content (AvgIpc) is 0.818. The molecule has 3 aliphatic heterocycles. The zero-order chi connectivity index (χ0) is 83.4. The summed E-state index contributed by atoms with van der Waals surface area (Å²) in [5.74, 6) is -3.35. The molecule has 0 aromatic carbocycles. The molecule has 10 amide bonds. The third-order valence-electron chi connectivity index (χ3n) is 18.9. The molecule has 652 valence electrons. The standard InChI is InChI=1S/C75H134N10O28/c1-6-53-66(99)69(102)63(82-50(3)89)72(111-53)108-38-18-15-25-56(92)76-32-21-35-79-59(95)29-41-105-46-75(85-62(98)28-14-12-10-8-7-9-11-13-24-49(2)88,47-106-42-30-60(96)80-36-22-33-77-57(93)26-16-19-39-109-73-64(83-51(4)90)70(103)67(100)54(44-86)112-73)48-107-43-31-61(97)81-37-23-34-78-58(94)27-17-20-40-110-74-65(84-52(5)91)71(104)68(101)55(45-87)113-74/h53-55,63-74,86-87,99-104H,6-48H2,1-5H3,(H,76,92)(H,77,93)(H,78,94)(H,79,95)(H,80,96)(H,81,97)(H,82,89)(H,83,90)(H,84,91)(H,85,98)/t53?,54?,55?,63?,64?,65?,66-,67-,68+,69?,70?,71?,72-,73-,74-,75?/m1/s1. The van der Waals surface area contributed by atoms with Crippen LogP contribution in [0.4, 0.5) is 0 Å². The Morgan fingerprint density at radius 3 is 0.876 bits per heavy atom. The van der Waals surface area contributed by atoms with Crippen LogP contribution in [0.2, 0.25) is 0 Å². The number of ketones is 1. The van der Waals surface area contributed by atoms with E-state index in [0.29, 0.717) is 77.0 Å². The van der Waals surface area contributed by atoms with E-state index in [-0.39, 0.29) is 191 Å². The molecule has 38 nitrogen and oxygen atoms in total. The molecule has 3 saturated heterocycles. The first-order valence-corrected chi connectivity index (χ1v) is 40.2. The van der Waals surface area contributed by atoms with Gasteiger partial charge < -0.3 is 141 Å². The van der Waals surface area contributed by atoms with Gasteiger partial charge in [0.2, 0.25) is 59.1 Å². The fourth-order valence-corrected chi connectivity index (χ4v) is 12.6. The first-order chi connectivity index (χ1) is 54.1. The zero-order valence-electron chi connectivity index (χ0n) is 66.8. The molecule has 16 atom stereocenters. The summed E-state index contributed by atoms with van der Waals surface area (Å²) in [5, 5.41) is 109. The lowest BCUT2D eigenvalue weighted by Crippen LogP contribution is -2.64. The SMILES string of the molecule is CCC1O[C@@H](OCCCCC(=O)NCCCNC(=O)CCOCC(COCCC(=O)NCCCNC(=O)CCCCO[C@@H]2OC(CO)[C@@H](O)C(O)C2NC(C)=O)(COCCC(=O)NCCCNC(=O)CCCCO[C@@H]2OC(CO)[C@H](O)C(O)C2NC(C)=O)NC(=O)CCCCCCCCCCC(C)=O)C(NC(C)=O)C(O)[C@@H]1O. The van der Waals surface area contributed by atoms with Gasteiger partial charge in [-0.15, -0.1) is 0 Å². The van der Waals surface area contributed by atoms with Gasteiger partial charge in [0, 0.05) is 131 Å². The second kappa shape index (κ2) is 59.4. The van der Waals surface area contributed by atoms with Crippen LogP contribution in [0.15, 0.2) is 0 Å². The number of amides is 10. The molecule has 10 unspecified atom stereocenters. The van der Waals surface area contributed by atoms with Crippen LogP contribution in [0.25, 0.3) is 0 Å². The number of Topliss-reactive ketones (excluding diaryl/α,β-unsaturated/α-hetero) is 1. The number of nitrogens with one attached hydrogen (secondary N) is 10. The van der Waals surface area contributed by atoms with Crippen LogP contribution in [-0.2, 0) is 95.4 Å². The van der Waals surface area contributed by atoms with Crippen molar-refractivity contribution in [2.75, 3.05) is 112 Å². The summed E-state index contributed by atoms with van der Waals surface area (Å²) in [6.45, 7) is 6.71. The Morgan fingerprint density at radius 2 is 0.584 bits per heavy atom. The summed E-state index contributed by atoms with van der Waals surface area (Å²) in [6.07, 6.45) is -2.47. The minimum absolute atomic E-state index is 0.0828. The van der Waals surface area contributed by atoms with E-state index >= 15 is 0 Å². The van der Waals surface area contributed by atoms with E-state index in [1.807, 2.05) is 0 Å². The van der Waals surface area contributed by atoms with Gasteiger partial charge in [0.25, 0.3) is 0 Å². The van der Waals surface area contributed by atoms with Gasteiger partial charge in [0.1, 0.15) is 78.3 Å². The second-order valence-corrected chi connectivity index (χ2v) is 28.9. The lowest BCUT2D eigenvalue weighted by Gasteiger charge is -2.42. The van der Waals surface area contributed by atoms with Gasteiger partial charge in [0.05, 0.1) is 59.0 Å². The maximum atomic E-state index is 13.9. The number of ether oxygens (including phenoxy) is 9. The summed E-state index contributed by atoms with van der Waals surface area (Å²) in [7, 11) is 0. The van der Waals surface area contributed by atoms with Crippen LogP contribution < -0.4 is 53.2 Å². The second-order valence-electron chi connectivity index (χ2n) is 28.9. The molecule has 3 heterocycles. The average molecular weight is 1620 g/mol. The number of carbonyl (C=O) groups is 11. The summed E-state index contributed by atoms with van der Waals surface area (Å²) in [5.41, 5.74) is -1.40. The Morgan fingerprint density at radius 1 is 0.319 bits per heavy atom. The molecule has 3 aliphatic rings. The molecule has 0 radical (unpaired) electrons. The molecule has 3 rings (SSSR count). The highest BCUT2D eigenvalue weighted by molar-refractivity contribution is 5.79. The zero-order valence-corrected chi connectivity index (χ0v) is 66.8. The molecular formula is C75H134N10O28. The van der Waals surface area contributed by atoms with Crippen molar-refractivity contribution in [3.63, 3.8) is 0 Å². The number of aliphatic hydroxyl groups is 8. The van der Waals surface area contributed by atoms with Crippen LogP contribution >= 0.6 is 0 Å². The Bertz CT molecular complexity index is 2520. The molecule has 38 heteroatoms. The first-order valence-electron chi connectivity index (χ1n) is 40.2. The maximum Gasteiger partial charge on any atom is 0.222 e. The summed E-state index contributed by atoms with van der Waals surface area (Å²) in [6, 6.07) is -3.16. The Balaban J connectivity index is 1.55. The van der Waals surface area contributed by atoms with E-state index in [1.165, 1.54) is 20.8 Å². The van der Waals surface area contributed by atoms with E-state index < -0.39 is 128 Å². The van der Waals surface area contributed by atoms with Crippen molar-refractivity contribution in [1.29, 1.82) is 0 Å². The summed E-state index contributed by atoms with van der Waals surface area (Å²) >= 11 is 0. The first kappa shape index (κ1) is 101. The summed E-state index contributed by atoms with van der Waals surface area (Å²) in [4.78, 5) is 138. The topological polar surface area (TPSA) is 553 Å². The minimum Gasteiger partial charge on any atom is -0.394 e. The maximum absolute atomic E-state index is 13.9. The molecular weight excluding hydrogens is 1490 g/mol. The molecule has 0 saturated carbocycles. The van der Waals surface area contributed by atoms with Crippen molar-refractivity contribution < 1.29 is 136 Å². The van der Waals surface area contributed by atoms with Gasteiger partial charge in [-0.3, -0.25) is 47.9 Å². The predicted octanol–water partition coefficient (Wildman–Crippen LogP) is -2.77. The number of hydrogen-bond donors (Lipinski definition) is 18. The minimum atomic E-state index is -1.46. The molecule has 0 bridgehead atoms. The lowest BCUT2D eigenvalue weighted by atomic mass is 9.95. The van der Waals surface area contributed by atoms with E-state index in [2.05, 4.69) is 53.2 Å². The van der Waals surface area contributed by atoms with Crippen molar-refractivity contribution >= 4 is 64.9 Å². The fourth-order valence-electron chi connectivity index (χ4n) is 12.6. The normalized spacial score (nSPS) is 24.0. The number of rotatable bonds is 63. The third-order valence-corrected chi connectivity index (χ3v) is 18.9. The molecule has 113 heavy (non-hydrogen) atoms. The largest absolute Gasteiger partial charge is 0.394 e. The third kappa shape index (κ3) is 43.5. The van der Waals surface area contributed by atoms with Crippen LogP contribution in [0.1, 0.15) is 202 Å². The van der Waals surface area contributed by atoms with E-state index in [4.69, 9.17) is 42.6 Å². The number of unbranched alkanes of at least 4 members (excludes halogenated alkanes) is 10. The van der Waals surface area contributed by atoms with Crippen LogP contribution in [0.5, 0.6) is 0 Å². The quantitative estimate of drug-likeness (QED) is 0.0274. The highest BCUT2D eigenvalue weighted by atomic mass is 16.7. The highest BCUT2D eigenvalue weighted by Gasteiger charge is 2.48. The molecule has 3 fully saturated rings. The van der Waals surface area contributed by atoms with E-state index in [0.717, 1.165) is 44.9 Å². The number of carbonyl (C=O) groups excluding carboxylic acids is 11. The van der Waals surface area contributed by atoms with Crippen LogP contribution in [-0.4, -0.2) is 315 Å². The number of hydrogen-bond acceptors (Lipinski definition) is 28. The molecule has 0 aliphatic carbocycles. The van der Waals surface area contributed by atoms with Crippen molar-refractivity contribution in [3.05, 3.63) is 0 Å². The van der Waals surface area contributed by atoms with Gasteiger partial charge in [-0.1, -0.05) is 45.4 Å². The molecule has 0 aromatic heterocycles. The number of aliphatic hydroxyl groups excluding tert-OH is 8. The van der Waals surface area contributed by atoms with Crippen molar-refractivity contribution in [2.45, 2.75) is 299 Å². The Hall–Kier alpha value is -6.31. The van der Waals surface area contributed by atoms with Crippen molar-refractivity contribution in [2.24, 2.45) is 0 Å². The van der Waals surface area contributed by atoms with E-state index in [1.54, 1.807) is 13.8 Å². The molecule has 18 N–H and O–H groups in total. The van der Waals surface area contributed by atoms with Gasteiger partial charge >= 0.3 is 0 Å². The van der Waals surface area contributed by atoms with Crippen LogP contribution in [0, 0.1) is 0 Å². The van der Waals surface area contributed by atoms with E-state index in [9.17, 15) is 93.6 Å². The fraction of sp³-hybridized carbons (Fsp3) is 0.853. The van der Waals surface area contributed by atoms with Gasteiger partial charge in [0.15, 0.2) is 18.9 Å². The molecule has 0 aromatic rings. The molecule has 0 spiro atoms. The predicted molar refractivity (Wildman–Crippen MR) is 405 cm³/mol. The smallest absolute Gasteiger partial charge is 0.222 e. The lowest BCUT2D eigenvalue weighted by molar-refractivity contribution is -0.270. The Kier molecular flexibility index (Phi) is 53.0. The highest BCUT2D eigenvalue weighted by Crippen LogP contribution is 2.27.